The molecule has 3 rings (SSSR count). The van der Waals surface area contributed by atoms with Crippen molar-refractivity contribution in [1.82, 2.24) is 5.43 Å². The van der Waals surface area contributed by atoms with Gasteiger partial charge >= 0.3 is 0 Å². The molecule has 2 N–H and O–H groups in total. The second kappa shape index (κ2) is 12.9. The van der Waals surface area contributed by atoms with Crippen molar-refractivity contribution in [2.24, 2.45) is 5.10 Å². The van der Waals surface area contributed by atoms with Crippen LogP contribution in [0.4, 0.5) is 5.69 Å². The van der Waals surface area contributed by atoms with E-state index < -0.39 is 11.8 Å². The van der Waals surface area contributed by atoms with Crippen LogP contribution in [0.25, 0.3) is 0 Å². The molecule has 0 aliphatic heterocycles. The number of anilines is 1. The Morgan fingerprint density at radius 2 is 1.67 bits per heavy atom. The highest BCUT2D eigenvalue weighted by molar-refractivity contribution is 9.10. The second-order valence-corrected chi connectivity index (χ2v) is 9.23. The van der Waals surface area contributed by atoms with Gasteiger partial charge in [0.05, 0.1) is 17.3 Å². The molecule has 0 radical (unpaired) electrons. The molecule has 0 heterocycles. The standard InChI is InChI=1S/C28H30BrN3O4/c1-5-35-25-14-22(13-23(29)28(25)36-17-21-9-6-18(2)7-10-21)16-30-32-27(34)15-26(33)31-24-11-8-19(3)12-20(24)4/h6-14,16H,5,15,17H2,1-4H3,(H,31,33)(H,32,34). The average Bonchev–Trinajstić information content (AvgIpc) is 2.81. The molecule has 0 saturated carbocycles. The summed E-state index contributed by atoms with van der Waals surface area (Å²) in [5, 5.41) is 6.73. The van der Waals surface area contributed by atoms with Crippen LogP contribution in [-0.2, 0) is 16.2 Å². The highest BCUT2D eigenvalue weighted by atomic mass is 79.9. The monoisotopic (exact) mass is 551 g/mol. The maximum atomic E-state index is 12.2. The van der Waals surface area contributed by atoms with Gasteiger partial charge in [-0.25, -0.2) is 5.43 Å². The number of nitrogens with one attached hydrogen (secondary N) is 2. The second-order valence-electron chi connectivity index (χ2n) is 8.37. The van der Waals surface area contributed by atoms with Gasteiger partial charge in [-0.05, 0) is 78.5 Å². The Morgan fingerprint density at radius 1 is 0.944 bits per heavy atom. The van der Waals surface area contributed by atoms with Gasteiger partial charge in [-0.15, -0.1) is 0 Å². The highest BCUT2D eigenvalue weighted by Gasteiger charge is 2.13. The topological polar surface area (TPSA) is 89.0 Å². The van der Waals surface area contributed by atoms with E-state index in [9.17, 15) is 9.59 Å². The molecule has 0 saturated heterocycles. The van der Waals surface area contributed by atoms with E-state index in [1.165, 1.54) is 11.8 Å². The van der Waals surface area contributed by atoms with Gasteiger partial charge in [0.15, 0.2) is 11.5 Å². The minimum Gasteiger partial charge on any atom is -0.490 e. The van der Waals surface area contributed by atoms with Gasteiger partial charge < -0.3 is 14.8 Å². The van der Waals surface area contributed by atoms with E-state index in [0.29, 0.717) is 40.4 Å². The van der Waals surface area contributed by atoms with Crippen molar-refractivity contribution in [2.75, 3.05) is 11.9 Å². The zero-order valence-corrected chi connectivity index (χ0v) is 22.4. The Balaban J connectivity index is 1.59. The van der Waals surface area contributed by atoms with Crippen LogP contribution in [0.3, 0.4) is 0 Å². The summed E-state index contributed by atoms with van der Waals surface area (Å²) in [6.45, 7) is 8.67. The lowest BCUT2D eigenvalue weighted by Crippen LogP contribution is -2.24. The lowest BCUT2D eigenvalue weighted by molar-refractivity contribution is -0.126. The molecule has 0 aromatic heterocycles. The van der Waals surface area contributed by atoms with Crippen LogP contribution < -0.4 is 20.2 Å². The van der Waals surface area contributed by atoms with Crippen molar-refractivity contribution in [3.8, 4) is 11.5 Å². The number of benzene rings is 3. The van der Waals surface area contributed by atoms with Crippen LogP contribution in [0.1, 0.15) is 41.2 Å². The first kappa shape index (κ1) is 26.9. The number of aryl methyl sites for hydroxylation is 3. The first-order valence-corrected chi connectivity index (χ1v) is 12.4. The first-order chi connectivity index (χ1) is 17.2. The summed E-state index contributed by atoms with van der Waals surface area (Å²) in [6.07, 6.45) is 1.14. The van der Waals surface area contributed by atoms with Crippen molar-refractivity contribution >= 4 is 39.6 Å². The molecular formula is C28H30BrN3O4. The average molecular weight is 552 g/mol. The predicted octanol–water partition coefficient (Wildman–Crippen LogP) is 5.83. The number of amides is 2. The van der Waals surface area contributed by atoms with Gasteiger partial charge in [0.2, 0.25) is 11.8 Å². The molecule has 0 spiro atoms. The number of hydrogen-bond donors (Lipinski definition) is 2. The van der Waals surface area contributed by atoms with Gasteiger partial charge in [0.25, 0.3) is 0 Å². The largest absolute Gasteiger partial charge is 0.490 e. The molecule has 0 unspecified atom stereocenters. The van der Waals surface area contributed by atoms with E-state index >= 15 is 0 Å². The van der Waals surface area contributed by atoms with Crippen molar-refractivity contribution in [3.63, 3.8) is 0 Å². The van der Waals surface area contributed by atoms with Crippen LogP contribution in [0.15, 0.2) is 64.2 Å². The van der Waals surface area contributed by atoms with E-state index in [0.717, 1.165) is 16.7 Å². The van der Waals surface area contributed by atoms with Crippen LogP contribution in [0, 0.1) is 20.8 Å². The number of carbonyl (C=O) groups is 2. The number of halogens is 1. The van der Waals surface area contributed by atoms with E-state index in [4.69, 9.17) is 9.47 Å². The first-order valence-electron chi connectivity index (χ1n) is 11.6. The number of rotatable bonds is 10. The molecule has 188 valence electrons. The lowest BCUT2D eigenvalue weighted by Gasteiger charge is -2.15. The normalized spacial score (nSPS) is 10.8. The SMILES string of the molecule is CCOc1cc(C=NNC(=O)CC(=O)Nc2ccc(C)cc2C)cc(Br)c1OCc1ccc(C)cc1. The third-order valence-electron chi connectivity index (χ3n) is 5.22. The minimum atomic E-state index is -0.518. The van der Waals surface area contributed by atoms with Crippen LogP contribution in [0.5, 0.6) is 11.5 Å². The fourth-order valence-corrected chi connectivity index (χ4v) is 3.99. The zero-order chi connectivity index (χ0) is 26.1. The molecule has 0 aliphatic rings. The van der Waals surface area contributed by atoms with Crippen LogP contribution >= 0.6 is 15.9 Å². The van der Waals surface area contributed by atoms with Crippen molar-refractivity contribution in [3.05, 3.63) is 86.9 Å². The third kappa shape index (κ3) is 7.95. The molecule has 36 heavy (non-hydrogen) atoms. The summed E-state index contributed by atoms with van der Waals surface area (Å²) in [5.41, 5.74) is 8.03. The molecular weight excluding hydrogens is 522 g/mol. The minimum absolute atomic E-state index is 0.343. The van der Waals surface area contributed by atoms with E-state index in [-0.39, 0.29) is 6.42 Å². The summed E-state index contributed by atoms with van der Waals surface area (Å²) in [5.74, 6) is 0.211. The van der Waals surface area contributed by atoms with Gasteiger partial charge in [-0.3, -0.25) is 9.59 Å². The van der Waals surface area contributed by atoms with Crippen LogP contribution in [-0.4, -0.2) is 24.6 Å². The van der Waals surface area contributed by atoms with Crippen molar-refractivity contribution in [2.45, 2.75) is 40.7 Å². The zero-order valence-electron chi connectivity index (χ0n) is 20.9. The summed E-state index contributed by atoms with van der Waals surface area (Å²) in [4.78, 5) is 24.4. The van der Waals surface area contributed by atoms with E-state index in [2.05, 4.69) is 31.8 Å². The van der Waals surface area contributed by atoms with Gasteiger partial charge in [-0.1, -0.05) is 47.5 Å². The Hall–Kier alpha value is -3.65. The molecule has 0 bridgehead atoms. The number of hydrogen-bond acceptors (Lipinski definition) is 5. The number of nitrogens with zero attached hydrogens (tertiary/aromatic N) is 1. The fraction of sp³-hybridized carbons (Fsp3) is 0.250. The molecule has 3 aromatic rings. The predicted molar refractivity (Wildman–Crippen MR) is 146 cm³/mol. The number of hydrazone groups is 1. The smallest absolute Gasteiger partial charge is 0.249 e. The number of ether oxygens (including phenoxy) is 2. The molecule has 8 heteroatoms. The number of carbonyl (C=O) groups excluding carboxylic acids is 2. The summed E-state index contributed by atoms with van der Waals surface area (Å²) in [7, 11) is 0. The third-order valence-corrected chi connectivity index (χ3v) is 5.80. The van der Waals surface area contributed by atoms with Gasteiger partial charge in [-0.2, -0.15) is 5.10 Å². The maximum absolute atomic E-state index is 12.2. The Bertz CT molecular complexity index is 1260. The van der Waals surface area contributed by atoms with Crippen LogP contribution in [0.2, 0.25) is 0 Å². The van der Waals surface area contributed by atoms with E-state index in [1.807, 2.05) is 76.2 Å². The Labute approximate surface area is 220 Å². The molecule has 7 nitrogen and oxygen atoms in total. The quantitative estimate of drug-likeness (QED) is 0.188. The summed E-state index contributed by atoms with van der Waals surface area (Å²) >= 11 is 3.54. The van der Waals surface area contributed by atoms with Crippen molar-refractivity contribution in [1.29, 1.82) is 0 Å². The van der Waals surface area contributed by atoms with Gasteiger partial charge in [0, 0.05) is 5.69 Å². The summed E-state index contributed by atoms with van der Waals surface area (Å²) in [6, 6.07) is 17.4. The highest BCUT2D eigenvalue weighted by Crippen LogP contribution is 2.37. The molecule has 0 aliphatic carbocycles. The van der Waals surface area contributed by atoms with Gasteiger partial charge in [0.1, 0.15) is 13.0 Å². The van der Waals surface area contributed by atoms with E-state index in [1.54, 1.807) is 6.07 Å². The Morgan fingerprint density at radius 3 is 2.36 bits per heavy atom. The lowest BCUT2D eigenvalue weighted by atomic mass is 10.1. The molecule has 0 atom stereocenters. The molecule has 0 fully saturated rings. The summed E-state index contributed by atoms with van der Waals surface area (Å²) < 4.78 is 12.5. The van der Waals surface area contributed by atoms with Crippen molar-refractivity contribution < 1.29 is 19.1 Å². The molecule has 3 aromatic carbocycles. The maximum Gasteiger partial charge on any atom is 0.249 e. The molecule has 2 amide bonds. The Kier molecular flexibility index (Phi) is 9.64. The fourth-order valence-electron chi connectivity index (χ4n) is 3.42.